The second kappa shape index (κ2) is 6.06. The molecule has 0 heterocycles. The molecule has 0 aromatic rings. The first-order valence-electron chi connectivity index (χ1n) is 12.2. The fourth-order valence-corrected chi connectivity index (χ4v) is 9.72. The third kappa shape index (κ3) is 2.57. The zero-order valence-corrected chi connectivity index (χ0v) is 20.3. The molecular formula is C25H40O3Si. The maximum absolute atomic E-state index is 12.7. The van der Waals surface area contributed by atoms with Crippen molar-refractivity contribution in [3.05, 3.63) is 0 Å². The number of rotatable bonds is 2. The van der Waals surface area contributed by atoms with Crippen molar-refractivity contribution in [1.82, 2.24) is 0 Å². The summed E-state index contributed by atoms with van der Waals surface area (Å²) in [4.78, 5) is 25.3. The molecular weight excluding hydrogens is 376 g/mol. The third-order valence-electron chi connectivity index (χ3n) is 10.9. The molecule has 1 spiro atoms. The van der Waals surface area contributed by atoms with Crippen LogP contribution in [0, 0.1) is 40.4 Å². The number of fused-ring (bicyclic) bond motifs is 3. The zero-order valence-electron chi connectivity index (χ0n) is 19.3. The number of carbonyl (C=O) groups is 2. The molecule has 0 amide bonds. The molecule has 2 unspecified atom stereocenters. The van der Waals surface area contributed by atoms with Crippen LogP contribution in [0.1, 0.15) is 79.1 Å². The largest absolute Gasteiger partial charge is 0.413 e. The Kier molecular flexibility index (Phi) is 4.27. The number of ketones is 2. The molecule has 3 nitrogen and oxygen atoms in total. The predicted octanol–water partition coefficient (Wildman–Crippen LogP) is 5.78. The van der Waals surface area contributed by atoms with Gasteiger partial charge in [-0.3, -0.25) is 9.59 Å². The predicted molar refractivity (Wildman–Crippen MR) is 117 cm³/mol. The van der Waals surface area contributed by atoms with E-state index in [1.54, 1.807) is 0 Å². The van der Waals surface area contributed by atoms with Gasteiger partial charge in [0.2, 0.25) is 0 Å². The Morgan fingerprint density at radius 1 is 0.966 bits per heavy atom. The Balaban J connectivity index is 1.49. The first-order valence-corrected chi connectivity index (χ1v) is 15.1. The summed E-state index contributed by atoms with van der Waals surface area (Å²) in [5, 5.41) is 0.200. The smallest absolute Gasteiger partial charge is 0.192 e. The Bertz CT molecular complexity index is 752. The van der Waals surface area contributed by atoms with Gasteiger partial charge in [0.15, 0.2) is 8.32 Å². The average molecular weight is 417 g/mol. The van der Waals surface area contributed by atoms with E-state index < -0.39 is 8.32 Å². The molecule has 162 valence electrons. The molecule has 0 bridgehead atoms. The molecule has 0 aromatic carbocycles. The molecule has 0 aliphatic heterocycles. The minimum Gasteiger partial charge on any atom is -0.413 e. The Morgan fingerprint density at radius 2 is 1.69 bits per heavy atom. The second-order valence-electron chi connectivity index (χ2n) is 12.9. The van der Waals surface area contributed by atoms with Gasteiger partial charge in [-0.05, 0) is 79.8 Å². The van der Waals surface area contributed by atoms with Gasteiger partial charge in [0.25, 0.3) is 0 Å². The summed E-state index contributed by atoms with van der Waals surface area (Å²) in [6, 6.07) is 0. The normalized spacial score (nSPS) is 49.2. The van der Waals surface area contributed by atoms with Gasteiger partial charge in [-0.15, -0.1) is 0 Å². The van der Waals surface area contributed by atoms with Crippen LogP contribution in [-0.4, -0.2) is 26.0 Å². The van der Waals surface area contributed by atoms with Crippen molar-refractivity contribution in [3.63, 3.8) is 0 Å². The maximum atomic E-state index is 12.7. The van der Waals surface area contributed by atoms with Crippen molar-refractivity contribution >= 4 is 19.9 Å². The SMILES string of the molecule is CC(C)(C)[Si](C)(C)OC1[C@@H]2CC(=O)C[C@@H]3CC[C@@H]4[C@H](CC[C@]5(C)C(=O)CC[C@@H]45)C132. The minimum atomic E-state index is -1.87. The van der Waals surface area contributed by atoms with E-state index in [-0.39, 0.29) is 15.9 Å². The lowest BCUT2D eigenvalue weighted by Crippen LogP contribution is -2.51. The van der Waals surface area contributed by atoms with Crippen LogP contribution >= 0.6 is 0 Å². The zero-order chi connectivity index (χ0) is 21.0. The van der Waals surface area contributed by atoms with Crippen molar-refractivity contribution in [2.45, 2.75) is 103 Å². The lowest BCUT2D eigenvalue weighted by atomic mass is 9.49. The van der Waals surface area contributed by atoms with Crippen molar-refractivity contribution in [2.75, 3.05) is 0 Å². The van der Waals surface area contributed by atoms with Crippen molar-refractivity contribution < 1.29 is 14.0 Å². The van der Waals surface area contributed by atoms with Crippen molar-refractivity contribution in [2.24, 2.45) is 40.4 Å². The molecule has 5 rings (SSSR count). The highest BCUT2D eigenvalue weighted by Crippen LogP contribution is 2.77. The highest BCUT2D eigenvalue weighted by molar-refractivity contribution is 6.74. The standard InChI is InChI=1S/C25H40O3Si/c1-23(2,3)29(5,6)28-22-20-14-16(26)13-15-7-8-17-18-9-10-21(27)24(18,4)12-11-19(17)25(15,20)22/h15,17-20,22H,7-14H2,1-6H3/t15-,17-,18-,19-,20-,22?,24-,25?/m0/s1. The van der Waals surface area contributed by atoms with E-state index in [4.69, 9.17) is 4.43 Å². The Hall–Kier alpha value is -0.483. The molecule has 5 saturated carbocycles. The Morgan fingerprint density at radius 3 is 2.38 bits per heavy atom. The summed E-state index contributed by atoms with van der Waals surface area (Å²) in [7, 11) is -1.87. The van der Waals surface area contributed by atoms with E-state index in [0.29, 0.717) is 47.3 Å². The van der Waals surface area contributed by atoms with Gasteiger partial charge in [0.1, 0.15) is 11.6 Å². The average Bonchev–Trinajstić information content (AvgIpc) is 3.10. The van der Waals surface area contributed by atoms with Gasteiger partial charge in [-0.1, -0.05) is 27.7 Å². The fraction of sp³-hybridized carbons (Fsp3) is 0.920. The van der Waals surface area contributed by atoms with E-state index in [9.17, 15) is 9.59 Å². The molecule has 0 N–H and O–H groups in total. The molecule has 29 heavy (non-hydrogen) atoms. The maximum Gasteiger partial charge on any atom is 0.192 e. The quantitative estimate of drug-likeness (QED) is 0.536. The highest BCUT2D eigenvalue weighted by atomic mass is 28.4. The number of hydrogen-bond donors (Lipinski definition) is 0. The first kappa shape index (κ1) is 20.4. The van der Waals surface area contributed by atoms with Crippen molar-refractivity contribution in [3.8, 4) is 0 Å². The van der Waals surface area contributed by atoms with Crippen LogP contribution in [-0.2, 0) is 14.0 Å². The van der Waals surface area contributed by atoms with Crippen LogP contribution in [0.5, 0.6) is 0 Å². The summed E-state index contributed by atoms with van der Waals surface area (Å²) < 4.78 is 7.10. The Labute approximate surface area is 177 Å². The fourth-order valence-electron chi connectivity index (χ4n) is 8.36. The number of Topliss-reactive ketones (excluding diaryl/α,β-unsaturated/α-hetero) is 2. The van der Waals surface area contributed by atoms with Crippen LogP contribution in [0.25, 0.3) is 0 Å². The van der Waals surface area contributed by atoms with Crippen LogP contribution < -0.4 is 0 Å². The lowest BCUT2D eigenvalue weighted by molar-refractivity contribution is -0.136. The van der Waals surface area contributed by atoms with Gasteiger partial charge in [-0.2, -0.15) is 0 Å². The second-order valence-corrected chi connectivity index (χ2v) is 17.7. The van der Waals surface area contributed by atoms with E-state index in [1.165, 1.54) is 19.3 Å². The summed E-state index contributed by atoms with van der Waals surface area (Å²) in [5.74, 6) is 3.94. The number of hydrogen-bond acceptors (Lipinski definition) is 3. The first-order chi connectivity index (χ1) is 13.4. The van der Waals surface area contributed by atoms with Crippen LogP contribution in [0.3, 0.4) is 0 Å². The van der Waals surface area contributed by atoms with Gasteiger partial charge < -0.3 is 4.43 Å². The highest BCUT2D eigenvalue weighted by Gasteiger charge is 2.78. The summed E-state index contributed by atoms with van der Waals surface area (Å²) in [6.07, 6.45) is 8.41. The molecule has 0 radical (unpaired) electrons. The molecule has 5 fully saturated rings. The van der Waals surface area contributed by atoms with E-state index in [2.05, 4.69) is 40.8 Å². The van der Waals surface area contributed by atoms with Gasteiger partial charge in [0.05, 0.1) is 6.10 Å². The summed E-state index contributed by atoms with van der Waals surface area (Å²) in [6.45, 7) is 14.0. The molecule has 5 aliphatic carbocycles. The van der Waals surface area contributed by atoms with Gasteiger partial charge in [0, 0.05) is 30.1 Å². The molecule has 4 heteroatoms. The molecule has 0 aromatic heterocycles. The lowest BCUT2D eigenvalue weighted by Gasteiger charge is -2.55. The summed E-state index contributed by atoms with van der Waals surface area (Å²) >= 11 is 0. The molecule has 8 atom stereocenters. The van der Waals surface area contributed by atoms with Crippen LogP contribution in [0.15, 0.2) is 0 Å². The molecule has 0 saturated heterocycles. The van der Waals surface area contributed by atoms with E-state index in [0.717, 1.165) is 32.1 Å². The minimum absolute atomic E-state index is 0.0602. The van der Waals surface area contributed by atoms with Gasteiger partial charge >= 0.3 is 0 Å². The van der Waals surface area contributed by atoms with Crippen LogP contribution in [0.2, 0.25) is 18.1 Å². The monoisotopic (exact) mass is 416 g/mol. The van der Waals surface area contributed by atoms with Crippen molar-refractivity contribution in [1.29, 1.82) is 0 Å². The summed E-state index contributed by atoms with van der Waals surface area (Å²) in [5.41, 5.74) is 0.189. The van der Waals surface area contributed by atoms with E-state index in [1.807, 2.05) is 0 Å². The van der Waals surface area contributed by atoms with Crippen LogP contribution in [0.4, 0.5) is 0 Å². The van der Waals surface area contributed by atoms with E-state index >= 15 is 0 Å². The topological polar surface area (TPSA) is 43.4 Å². The molecule has 5 aliphatic rings. The van der Waals surface area contributed by atoms with Gasteiger partial charge in [-0.25, -0.2) is 0 Å². The third-order valence-corrected chi connectivity index (χ3v) is 15.3. The number of carbonyl (C=O) groups excluding carboxylic acids is 2.